The second-order valence-electron chi connectivity index (χ2n) is 5.42. The Morgan fingerprint density at radius 3 is 2.83 bits per heavy atom. The molecule has 0 bridgehead atoms. The molecule has 1 aliphatic rings. The molecule has 3 heteroatoms. The van der Waals surface area contributed by atoms with E-state index in [-0.39, 0.29) is 0 Å². The van der Waals surface area contributed by atoms with E-state index in [1.165, 1.54) is 10.9 Å². The summed E-state index contributed by atoms with van der Waals surface area (Å²) in [4.78, 5) is 4.39. The van der Waals surface area contributed by atoms with Gasteiger partial charge >= 0.3 is 0 Å². The van der Waals surface area contributed by atoms with Gasteiger partial charge < -0.3 is 5.73 Å². The molecule has 94 valence electrons. The molecular formula is C15H17ClN2. The van der Waals surface area contributed by atoms with Gasteiger partial charge in [-0.25, -0.2) is 4.98 Å². The molecule has 18 heavy (non-hydrogen) atoms. The van der Waals surface area contributed by atoms with Crippen LogP contribution in [0.1, 0.15) is 24.0 Å². The zero-order chi connectivity index (χ0) is 12.7. The molecule has 1 aromatic heterocycles. The van der Waals surface area contributed by atoms with Crippen molar-refractivity contribution in [3.63, 3.8) is 0 Å². The fraction of sp³-hybridized carbons (Fsp3) is 0.400. The largest absolute Gasteiger partial charge is 0.328 e. The minimum Gasteiger partial charge on any atom is -0.328 e. The second kappa shape index (κ2) is 4.52. The van der Waals surface area contributed by atoms with Gasteiger partial charge in [0, 0.05) is 11.4 Å². The number of benzene rings is 1. The minimum atomic E-state index is 0.429. The van der Waals surface area contributed by atoms with Gasteiger partial charge in [-0.15, -0.1) is 0 Å². The highest BCUT2D eigenvalue weighted by molar-refractivity contribution is 6.30. The SMILES string of the molecule is Cc1cc2cc(CC3CC(N)C3)ccc2nc1Cl. The number of fused-ring (bicyclic) bond motifs is 1. The van der Waals surface area contributed by atoms with E-state index in [0.29, 0.717) is 11.2 Å². The van der Waals surface area contributed by atoms with Crippen LogP contribution in [0.5, 0.6) is 0 Å². The Balaban J connectivity index is 1.88. The van der Waals surface area contributed by atoms with Gasteiger partial charge in [-0.3, -0.25) is 0 Å². The first-order chi connectivity index (χ1) is 8.61. The summed E-state index contributed by atoms with van der Waals surface area (Å²) in [7, 11) is 0. The number of pyridine rings is 1. The smallest absolute Gasteiger partial charge is 0.132 e. The Morgan fingerprint density at radius 2 is 2.11 bits per heavy atom. The summed E-state index contributed by atoms with van der Waals surface area (Å²) >= 11 is 6.03. The maximum absolute atomic E-state index is 6.03. The van der Waals surface area contributed by atoms with E-state index in [4.69, 9.17) is 17.3 Å². The molecule has 0 radical (unpaired) electrons. The first-order valence-corrected chi connectivity index (χ1v) is 6.81. The summed E-state index contributed by atoms with van der Waals surface area (Å²) in [6.45, 7) is 1.99. The fourth-order valence-corrected chi connectivity index (χ4v) is 2.87. The maximum Gasteiger partial charge on any atom is 0.132 e. The van der Waals surface area contributed by atoms with Crippen LogP contribution >= 0.6 is 11.6 Å². The summed E-state index contributed by atoms with van der Waals surface area (Å²) in [6, 6.07) is 8.99. The lowest BCUT2D eigenvalue weighted by Gasteiger charge is -2.32. The average molecular weight is 261 g/mol. The molecule has 2 N–H and O–H groups in total. The van der Waals surface area contributed by atoms with E-state index in [0.717, 1.165) is 36.3 Å². The van der Waals surface area contributed by atoms with E-state index in [1.54, 1.807) is 0 Å². The van der Waals surface area contributed by atoms with Crippen molar-refractivity contribution in [2.24, 2.45) is 11.7 Å². The highest BCUT2D eigenvalue weighted by Crippen LogP contribution is 2.30. The number of nitrogens with two attached hydrogens (primary N) is 1. The van der Waals surface area contributed by atoms with Crippen molar-refractivity contribution < 1.29 is 0 Å². The predicted molar refractivity (Wildman–Crippen MR) is 75.9 cm³/mol. The van der Waals surface area contributed by atoms with Crippen molar-refractivity contribution >= 4 is 22.5 Å². The van der Waals surface area contributed by atoms with Crippen LogP contribution in [-0.2, 0) is 6.42 Å². The Kier molecular flexibility index (Phi) is 3.00. The van der Waals surface area contributed by atoms with Crippen molar-refractivity contribution in [2.45, 2.75) is 32.2 Å². The molecule has 1 aromatic carbocycles. The number of aromatic nitrogens is 1. The summed E-state index contributed by atoms with van der Waals surface area (Å²) < 4.78 is 0. The highest BCUT2D eigenvalue weighted by Gasteiger charge is 2.25. The van der Waals surface area contributed by atoms with Crippen LogP contribution in [0.25, 0.3) is 10.9 Å². The zero-order valence-corrected chi connectivity index (χ0v) is 11.2. The molecule has 0 spiro atoms. The van der Waals surface area contributed by atoms with Gasteiger partial charge in [-0.1, -0.05) is 17.7 Å². The summed E-state index contributed by atoms with van der Waals surface area (Å²) in [5.74, 6) is 0.763. The lowest BCUT2D eigenvalue weighted by atomic mass is 9.77. The molecule has 3 rings (SSSR count). The molecule has 0 atom stereocenters. The van der Waals surface area contributed by atoms with Crippen molar-refractivity contribution in [3.8, 4) is 0 Å². The van der Waals surface area contributed by atoms with E-state index in [1.807, 2.05) is 6.92 Å². The van der Waals surface area contributed by atoms with Gasteiger partial charge in [0.2, 0.25) is 0 Å². The van der Waals surface area contributed by atoms with E-state index >= 15 is 0 Å². The van der Waals surface area contributed by atoms with Gasteiger partial charge in [0.1, 0.15) is 5.15 Å². The molecule has 2 nitrogen and oxygen atoms in total. The zero-order valence-electron chi connectivity index (χ0n) is 10.5. The van der Waals surface area contributed by atoms with Crippen LogP contribution in [0.4, 0.5) is 0 Å². The van der Waals surface area contributed by atoms with Crippen LogP contribution < -0.4 is 5.73 Å². The lowest BCUT2D eigenvalue weighted by molar-refractivity contribution is 0.264. The minimum absolute atomic E-state index is 0.429. The van der Waals surface area contributed by atoms with Crippen molar-refractivity contribution in [1.82, 2.24) is 4.98 Å². The molecule has 0 saturated heterocycles. The number of nitrogens with zero attached hydrogens (tertiary/aromatic N) is 1. The molecule has 2 aromatic rings. The van der Waals surface area contributed by atoms with E-state index in [9.17, 15) is 0 Å². The number of hydrogen-bond acceptors (Lipinski definition) is 2. The molecule has 0 unspecified atom stereocenters. The van der Waals surface area contributed by atoms with Crippen LogP contribution in [0.3, 0.4) is 0 Å². The van der Waals surface area contributed by atoms with Crippen LogP contribution in [-0.4, -0.2) is 11.0 Å². The van der Waals surface area contributed by atoms with Crippen LogP contribution in [0.2, 0.25) is 5.15 Å². The quantitative estimate of drug-likeness (QED) is 0.840. The third-order valence-corrected chi connectivity index (χ3v) is 4.19. The van der Waals surface area contributed by atoms with Gasteiger partial charge in [-0.05, 0) is 61.4 Å². The lowest BCUT2D eigenvalue weighted by Crippen LogP contribution is -2.37. The van der Waals surface area contributed by atoms with Crippen molar-refractivity contribution in [1.29, 1.82) is 0 Å². The van der Waals surface area contributed by atoms with Gasteiger partial charge in [0.15, 0.2) is 0 Å². The predicted octanol–water partition coefficient (Wildman–Crippen LogP) is 3.48. The molecule has 1 heterocycles. The molecule has 1 aliphatic carbocycles. The fourth-order valence-electron chi connectivity index (χ4n) is 2.72. The molecular weight excluding hydrogens is 244 g/mol. The molecule has 0 amide bonds. The van der Waals surface area contributed by atoms with Crippen LogP contribution in [0.15, 0.2) is 24.3 Å². The average Bonchev–Trinajstić information content (AvgIpc) is 2.29. The summed E-state index contributed by atoms with van der Waals surface area (Å²) in [5.41, 5.74) is 9.21. The third kappa shape index (κ3) is 2.23. The first-order valence-electron chi connectivity index (χ1n) is 6.43. The van der Waals surface area contributed by atoms with Crippen molar-refractivity contribution in [3.05, 3.63) is 40.5 Å². The van der Waals surface area contributed by atoms with E-state index in [2.05, 4.69) is 29.2 Å². The third-order valence-electron chi connectivity index (χ3n) is 3.80. The molecule has 1 saturated carbocycles. The van der Waals surface area contributed by atoms with Gasteiger partial charge in [0.05, 0.1) is 5.52 Å². The number of rotatable bonds is 2. The number of halogens is 1. The second-order valence-corrected chi connectivity index (χ2v) is 5.78. The Labute approximate surface area is 112 Å². The normalized spacial score (nSPS) is 23.1. The number of hydrogen-bond donors (Lipinski definition) is 1. The summed E-state index contributed by atoms with van der Waals surface area (Å²) in [6.07, 6.45) is 3.46. The van der Waals surface area contributed by atoms with Gasteiger partial charge in [-0.2, -0.15) is 0 Å². The maximum atomic E-state index is 6.03. The Hall–Kier alpha value is -1.12. The van der Waals surface area contributed by atoms with E-state index < -0.39 is 0 Å². The number of aryl methyl sites for hydroxylation is 1. The van der Waals surface area contributed by atoms with Gasteiger partial charge in [0.25, 0.3) is 0 Å². The topological polar surface area (TPSA) is 38.9 Å². The molecule has 1 fully saturated rings. The summed E-state index contributed by atoms with van der Waals surface area (Å²) in [5, 5.41) is 1.78. The Bertz CT molecular complexity index is 588. The molecule has 0 aliphatic heterocycles. The van der Waals surface area contributed by atoms with Crippen molar-refractivity contribution in [2.75, 3.05) is 0 Å². The van der Waals surface area contributed by atoms with Crippen LogP contribution in [0, 0.1) is 12.8 Å². The first kappa shape index (κ1) is 11.9. The Morgan fingerprint density at radius 1 is 1.33 bits per heavy atom. The highest BCUT2D eigenvalue weighted by atomic mass is 35.5. The monoisotopic (exact) mass is 260 g/mol. The standard InChI is InChI=1S/C15H17ClN2/c1-9-4-12-6-10(5-11-7-13(17)8-11)2-3-14(12)18-15(9)16/h2-4,6,11,13H,5,7-8,17H2,1H3.